The number of nitrogens with one attached hydrogen (secondary N) is 1. The molecule has 1 aliphatic carbocycles. The minimum absolute atomic E-state index is 0.0306. The van der Waals surface area contributed by atoms with Crippen molar-refractivity contribution in [2.75, 3.05) is 13.1 Å². The number of imide groups is 1. The van der Waals surface area contributed by atoms with Gasteiger partial charge in [0.25, 0.3) is 0 Å². The molecule has 2 aliphatic rings. The van der Waals surface area contributed by atoms with Crippen molar-refractivity contribution in [1.29, 1.82) is 0 Å². The molecule has 0 bridgehead atoms. The van der Waals surface area contributed by atoms with Gasteiger partial charge in [-0.3, -0.25) is 14.5 Å². The fourth-order valence-corrected chi connectivity index (χ4v) is 3.50. The predicted molar refractivity (Wildman–Crippen MR) is 74.4 cm³/mol. The van der Waals surface area contributed by atoms with Gasteiger partial charge < -0.3 is 5.32 Å². The third kappa shape index (κ3) is 2.69. The van der Waals surface area contributed by atoms with Gasteiger partial charge in [-0.15, -0.1) is 0 Å². The van der Waals surface area contributed by atoms with E-state index >= 15 is 0 Å². The van der Waals surface area contributed by atoms with E-state index in [2.05, 4.69) is 33.0 Å². The van der Waals surface area contributed by atoms with Gasteiger partial charge in [0.1, 0.15) is 0 Å². The molecule has 4 nitrogen and oxygen atoms in total. The molecule has 1 N–H and O–H groups in total. The van der Waals surface area contributed by atoms with Crippen molar-refractivity contribution in [3.8, 4) is 0 Å². The summed E-state index contributed by atoms with van der Waals surface area (Å²) in [6, 6.07) is 0.203. The lowest BCUT2D eigenvalue weighted by Gasteiger charge is -2.27. The van der Waals surface area contributed by atoms with Crippen molar-refractivity contribution in [3.05, 3.63) is 0 Å². The standard InChI is InChI=1S/C15H26N2O2/c1-5-16-13(9(2)3)8-17-14(18)11-6-10(4)7-12(11)15(17)19/h9-13,16H,5-8H2,1-4H3. The topological polar surface area (TPSA) is 49.4 Å². The Morgan fingerprint density at radius 2 is 1.74 bits per heavy atom. The molecule has 108 valence electrons. The Morgan fingerprint density at radius 1 is 1.21 bits per heavy atom. The highest BCUT2D eigenvalue weighted by atomic mass is 16.2. The molecular formula is C15H26N2O2. The van der Waals surface area contributed by atoms with Crippen LogP contribution in [0.15, 0.2) is 0 Å². The van der Waals surface area contributed by atoms with E-state index in [-0.39, 0.29) is 29.7 Å². The van der Waals surface area contributed by atoms with E-state index in [0.29, 0.717) is 18.4 Å². The predicted octanol–water partition coefficient (Wildman–Crippen LogP) is 1.65. The molecule has 0 aromatic heterocycles. The van der Waals surface area contributed by atoms with Gasteiger partial charge in [-0.25, -0.2) is 0 Å². The Hall–Kier alpha value is -0.900. The molecule has 1 saturated carbocycles. The maximum Gasteiger partial charge on any atom is 0.233 e. The van der Waals surface area contributed by atoms with E-state index < -0.39 is 0 Å². The number of nitrogens with zero attached hydrogens (tertiary/aromatic N) is 1. The molecule has 0 aromatic carbocycles. The fraction of sp³-hybridized carbons (Fsp3) is 0.867. The summed E-state index contributed by atoms with van der Waals surface area (Å²) in [5, 5.41) is 3.38. The summed E-state index contributed by atoms with van der Waals surface area (Å²) in [6.07, 6.45) is 1.78. The first-order chi connectivity index (χ1) is 8.95. The van der Waals surface area contributed by atoms with Gasteiger partial charge >= 0.3 is 0 Å². The monoisotopic (exact) mass is 266 g/mol. The number of rotatable bonds is 5. The quantitative estimate of drug-likeness (QED) is 0.770. The van der Waals surface area contributed by atoms with Crippen LogP contribution in [0.25, 0.3) is 0 Å². The summed E-state index contributed by atoms with van der Waals surface area (Å²) in [7, 11) is 0. The number of amides is 2. The van der Waals surface area contributed by atoms with E-state index in [4.69, 9.17) is 0 Å². The number of likely N-dealkylation sites (tertiary alicyclic amines) is 1. The summed E-state index contributed by atoms with van der Waals surface area (Å²) in [5.41, 5.74) is 0. The summed E-state index contributed by atoms with van der Waals surface area (Å²) < 4.78 is 0. The molecule has 0 aromatic rings. The molecule has 3 atom stereocenters. The zero-order chi connectivity index (χ0) is 14.2. The van der Waals surface area contributed by atoms with Gasteiger partial charge in [0.15, 0.2) is 0 Å². The van der Waals surface area contributed by atoms with Gasteiger partial charge in [-0.2, -0.15) is 0 Å². The number of likely N-dealkylation sites (N-methyl/N-ethyl adjacent to an activating group) is 1. The Morgan fingerprint density at radius 3 is 2.16 bits per heavy atom. The Bertz CT molecular complexity index is 343. The van der Waals surface area contributed by atoms with Crippen LogP contribution in [0.1, 0.15) is 40.5 Å². The summed E-state index contributed by atoms with van der Waals surface area (Å²) in [6.45, 7) is 9.84. The lowest BCUT2D eigenvalue weighted by molar-refractivity contribution is -0.141. The van der Waals surface area contributed by atoms with Crippen LogP contribution in [-0.2, 0) is 9.59 Å². The van der Waals surface area contributed by atoms with Crippen LogP contribution in [0.5, 0.6) is 0 Å². The molecular weight excluding hydrogens is 240 g/mol. The number of fused-ring (bicyclic) bond motifs is 1. The highest BCUT2D eigenvalue weighted by Crippen LogP contribution is 2.42. The first kappa shape index (κ1) is 14.5. The van der Waals surface area contributed by atoms with E-state index in [0.717, 1.165) is 19.4 Å². The highest BCUT2D eigenvalue weighted by Gasteiger charge is 2.51. The normalized spacial score (nSPS) is 32.3. The van der Waals surface area contributed by atoms with Gasteiger partial charge in [0, 0.05) is 12.6 Å². The van der Waals surface area contributed by atoms with Gasteiger partial charge in [0.2, 0.25) is 11.8 Å². The molecule has 2 fully saturated rings. The molecule has 3 unspecified atom stereocenters. The Kier molecular flexibility index (Phi) is 4.29. The summed E-state index contributed by atoms with van der Waals surface area (Å²) in [5.74, 6) is 1.01. The van der Waals surface area contributed by atoms with Crippen LogP contribution in [-0.4, -0.2) is 35.8 Å². The third-order valence-corrected chi connectivity index (χ3v) is 4.62. The largest absolute Gasteiger partial charge is 0.312 e. The highest BCUT2D eigenvalue weighted by molar-refractivity contribution is 6.05. The Labute approximate surface area is 115 Å². The zero-order valence-corrected chi connectivity index (χ0v) is 12.5. The molecule has 2 rings (SSSR count). The number of carbonyl (C=O) groups excluding carboxylic acids is 2. The first-order valence-electron chi connectivity index (χ1n) is 7.54. The second-order valence-electron chi connectivity index (χ2n) is 6.48. The molecule has 1 aliphatic heterocycles. The summed E-state index contributed by atoms with van der Waals surface area (Å²) >= 11 is 0. The Balaban J connectivity index is 2.06. The number of hydrogen-bond acceptors (Lipinski definition) is 3. The van der Waals surface area contributed by atoms with Crippen LogP contribution in [0.2, 0.25) is 0 Å². The molecule has 1 saturated heterocycles. The van der Waals surface area contributed by atoms with Crippen molar-refractivity contribution in [3.63, 3.8) is 0 Å². The average Bonchev–Trinajstić information content (AvgIpc) is 2.82. The van der Waals surface area contributed by atoms with E-state index in [1.807, 2.05) is 0 Å². The van der Waals surface area contributed by atoms with Crippen molar-refractivity contribution < 1.29 is 9.59 Å². The first-order valence-corrected chi connectivity index (χ1v) is 7.54. The van der Waals surface area contributed by atoms with Crippen LogP contribution in [0.3, 0.4) is 0 Å². The van der Waals surface area contributed by atoms with Crippen molar-refractivity contribution >= 4 is 11.8 Å². The number of carbonyl (C=O) groups is 2. The average molecular weight is 266 g/mol. The van der Waals surface area contributed by atoms with Crippen molar-refractivity contribution in [1.82, 2.24) is 10.2 Å². The van der Waals surface area contributed by atoms with Gasteiger partial charge in [0.05, 0.1) is 11.8 Å². The molecule has 0 spiro atoms. The second-order valence-corrected chi connectivity index (χ2v) is 6.48. The van der Waals surface area contributed by atoms with E-state index in [1.165, 1.54) is 4.90 Å². The second kappa shape index (κ2) is 5.61. The molecule has 4 heteroatoms. The number of hydrogen-bond donors (Lipinski definition) is 1. The smallest absolute Gasteiger partial charge is 0.233 e. The molecule has 2 amide bonds. The molecule has 1 heterocycles. The van der Waals surface area contributed by atoms with E-state index in [1.54, 1.807) is 0 Å². The van der Waals surface area contributed by atoms with Crippen LogP contribution in [0.4, 0.5) is 0 Å². The SMILES string of the molecule is CCNC(CN1C(=O)C2CC(C)CC2C1=O)C(C)C. The van der Waals surface area contributed by atoms with Gasteiger partial charge in [-0.05, 0) is 31.2 Å². The zero-order valence-electron chi connectivity index (χ0n) is 12.5. The van der Waals surface area contributed by atoms with Crippen LogP contribution >= 0.6 is 0 Å². The molecule has 19 heavy (non-hydrogen) atoms. The maximum absolute atomic E-state index is 12.4. The fourth-order valence-electron chi connectivity index (χ4n) is 3.50. The van der Waals surface area contributed by atoms with Crippen LogP contribution < -0.4 is 5.32 Å². The van der Waals surface area contributed by atoms with E-state index in [9.17, 15) is 9.59 Å². The van der Waals surface area contributed by atoms with Gasteiger partial charge in [-0.1, -0.05) is 27.7 Å². The minimum atomic E-state index is -0.0306. The van der Waals surface area contributed by atoms with Crippen molar-refractivity contribution in [2.45, 2.75) is 46.6 Å². The minimum Gasteiger partial charge on any atom is -0.312 e. The third-order valence-electron chi connectivity index (χ3n) is 4.62. The molecule has 0 radical (unpaired) electrons. The van der Waals surface area contributed by atoms with Crippen molar-refractivity contribution in [2.24, 2.45) is 23.7 Å². The maximum atomic E-state index is 12.4. The summed E-state index contributed by atoms with van der Waals surface area (Å²) in [4.78, 5) is 26.3. The lowest BCUT2D eigenvalue weighted by Crippen LogP contribution is -2.46. The van der Waals surface area contributed by atoms with Crippen LogP contribution in [0, 0.1) is 23.7 Å². The lowest BCUT2D eigenvalue weighted by atomic mass is 10.00.